The molecule has 1 aliphatic rings. The zero-order valence-electron chi connectivity index (χ0n) is 18.3. The third-order valence-corrected chi connectivity index (χ3v) is 5.60. The van der Waals surface area contributed by atoms with E-state index in [9.17, 15) is 19.5 Å². The Balaban J connectivity index is 1.97. The maximum absolute atomic E-state index is 13.0. The lowest BCUT2D eigenvalue weighted by Gasteiger charge is -2.26. The summed E-state index contributed by atoms with van der Waals surface area (Å²) >= 11 is 0. The Hall–Kier alpha value is -3.61. The van der Waals surface area contributed by atoms with Crippen LogP contribution in [0.3, 0.4) is 0 Å². The number of nitrogens with zero attached hydrogens (tertiary/aromatic N) is 2. The fraction of sp³-hybridized carbons (Fsp3) is 0.320. The molecule has 1 aliphatic heterocycles. The molecule has 0 radical (unpaired) electrons. The molecule has 2 N–H and O–H groups in total. The van der Waals surface area contributed by atoms with E-state index in [1.54, 1.807) is 24.3 Å². The number of carbonyl (C=O) groups is 3. The summed E-state index contributed by atoms with van der Waals surface area (Å²) in [7, 11) is 3.85. The van der Waals surface area contributed by atoms with E-state index in [2.05, 4.69) is 0 Å². The molecule has 3 rings (SSSR count). The van der Waals surface area contributed by atoms with Gasteiger partial charge >= 0.3 is 5.97 Å². The zero-order chi connectivity index (χ0) is 23.3. The number of aliphatic hydroxyl groups excluding tert-OH is 1. The predicted octanol–water partition coefficient (Wildman–Crippen LogP) is 3.82. The highest BCUT2D eigenvalue weighted by Gasteiger charge is 2.45. The average Bonchev–Trinajstić information content (AvgIpc) is 3.03. The number of ketones is 1. The second kappa shape index (κ2) is 10.1. The average molecular weight is 437 g/mol. The molecule has 168 valence electrons. The second-order valence-corrected chi connectivity index (χ2v) is 8.05. The molecule has 0 aliphatic carbocycles. The fourth-order valence-electron chi connectivity index (χ4n) is 3.90. The number of anilines is 1. The second-order valence-electron chi connectivity index (χ2n) is 8.05. The Morgan fingerprint density at radius 2 is 1.59 bits per heavy atom. The number of hydrogen-bond acceptors (Lipinski definition) is 5. The van der Waals surface area contributed by atoms with Gasteiger partial charge in [0.05, 0.1) is 11.6 Å². The highest BCUT2D eigenvalue weighted by molar-refractivity contribution is 6.46. The van der Waals surface area contributed by atoms with E-state index in [-0.39, 0.29) is 17.8 Å². The first kappa shape index (κ1) is 23.1. The smallest absolute Gasteiger partial charge is 0.303 e. The molecule has 1 atom stereocenters. The quantitative estimate of drug-likeness (QED) is 0.268. The largest absolute Gasteiger partial charge is 0.507 e. The van der Waals surface area contributed by atoms with Crippen molar-refractivity contribution >= 4 is 29.1 Å². The van der Waals surface area contributed by atoms with Crippen LogP contribution in [0.2, 0.25) is 0 Å². The topological polar surface area (TPSA) is 98.2 Å². The summed E-state index contributed by atoms with van der Waals surface area (Å²) < 4.78 is 0. The number of aliphatic carboxylic acids is 1. The van der Waals surface area contributed by atoms with Gasteiger partial charge in [0.1, 0.15) is 5.76 Å². The van der Waals surface area contributed by atoms with Gasteiger partial charge in [-0.2, -0.15) is 0 Å². The molecule has 0 bridgehead atoms. The van der Waals surface area contributed by atoms with Crippen molar-refractivity contribution in [2.24, 2.45) is 0 Å². The summed E-state index contributed by atoms with van der Waals surface area (Å²) in [5.41, 5.74) is 2.26. The van der Waals surface area contributed by atoms with Crippen LogP contribution in [0.4, 0.5) is 5.69 Å². The predicted molar refractivity (Wildman–Crippen MR) is 122 cm³/mol. The van der Waals surface area contributed by atoms with Crippen molar-refractivity contribution < 1.29 is 24.6 Å². The molecular weight excluding hydrogens is 408 g/mol. The van der Waals surface area contributed by atoms with Gasteiger partial charge in [-0.15, -0.1) is 0 Å². The van der Waals surface area contributed by atoms with Gasteiger partial charge < -0.3 is 20.0 Å². The number of amides is 1. The molecule has 0 unspecified atom stereocenters. The third-order valence-electron chi connectivity index (χ3n) is 5.60. The van der Waals surface area contributed by atoms with Crippen molar-refractivity contribution in [1.29, 1.82) is 0 Å². The van der Waals surface area contributed by atoms with Crippen molar-refractivity contribution in [2.45, 2.75) is 31.7 Å². The van der Waals surface area contributed by atoms with Crippen LogP contribution in [0.15, 0.2) is 60.2 Å². The number of unbranched alkanes of at least 4 members (excludes halogenated alkanes) is 2. The van der Waals surface area contributed by atoms with Crippen LogP contribution in [0.1, 0.15) is 42.9 Å². The summed E-state index contributed by atoms with van der Waals surface area (Å²) in [6.45, 7) is 0.301. The first-order valence-electron chi connectivity index (χ1n) is 10.6. The summed E-state index contributed by atoms with van der Waals surface area (Å²) in [4.78, 5) is 40.1. The number of hydrogen-bond donors (Lipinski definition) is 2. The van der Waals surface area contributed by atoms with Crippen LogP contribution in [-0.2, 0) is 14.4 Å². The number of aliphatic hydroxyl groups is 1. The molecule has 1 saturated heterocycles. The number of carboxylic acid groups (broad SMARTS) is 1. The molecule has 2 aromatic rings. The standard InChI is InChI=1S/C25H28N2O5/c1-26(2)19-14-12-17(13-15-19)22-21(23(30)18-9-5-3-6-10-18)24(31)25(32)27(22)16-8-4-7-11-20(28)29/h3,5-6,9-10,12-15,22,30H,4,7-8,11,16H2,1-2H3,(H,28,29)/t22-/m0/s1. The summed E-state index contributed by atoms with van der Waals surface area (Å²) in [6, 6.07) is 15.6. The van der Waals surface area contributed by atoms with Gasteiger partial charge in [0.15, 0.2) is 0 Å². The minimum atomic E-state index is -0.853. The SMILES string of the molecule is CN(C)c1ccc([C@H]2C(=C(O)c3ccccc3)C(=O)C(=O)N2CCCCCC(=O)O)cc1. The number of Topliss-reactive ketones (excluding diaryl/α,β-unsaturated/α-hetero) is 1. The maximum Gasteiger partial charge on any atom is 0.303 e. The Morgan fingerprint density at radius 1 is 0.938 bits per heavy atom. The molecule has 0 aromatic heterocycles. The lowest BCUT2D eigenvalue weighted by Crippen LogP contribution is -2.30. The maximum atomic E-state index is 13.0. The van der Waals surface area contributed by atoms with Crippen molar-refractivity contribution in [3.8, 4) is 0 Å². The Kier molecular flexibility index (Phi) is 7.30. The molecule has 0 saturated carbocycles. The van der Waals surface area contributed by atoms with Crippen molar-refractivity contribution in [3.63, 3.8) is 0 Å². The summed E-state index contributed by atoms with van der Waals surface area (Å²) in [5, 5.41) is 19.8. The molecule has 1 amide bonds. The van der Waals surface area contributed by atoms with Gasteiger partial charge in [0.2, 0.25) is 0 Å². The summed E-state index contributed by atoms with van der Waals surface area (Å²) in [5.74, 6) is -2.41. The molecule has 1 fully saturated rings. The van der Waals surface area contributed by atoms with Crippen LogP contribution in [0.5, 0.6) is 0 Å². The van der Waals surface area contributed by atoms with E-state index >= 15 is 0 Å². The Labute approximate surface area is 187 Å². The van der Waals surface area contributed by atoms with Gasteiger partial charge in [-0.05, 0) is 30.5 Å². The first-order valence-corrected chi connectivity index (χ1v) is 10.6. The molecule has 7 heteroatoms. The van der Waals surface area contributed by atoms with Crippen LogP contribution in [0.25, 0.3) is 5.76 Å². The normalized spacial score (nSPS) is 17.6. The first-order chi connectivity index (χ1) is 15.3. The van der Waals surface area contributed by atoms with Gasteiger partial charge in [-0.3, -0.25) is 14.4 Å². The van der Waals surface area contributed by atoms with E-state index in [1.165, 1.54) is 4.90 Å². The van der Waals surface area contributed by atoms with Gasteiger partial charge in [0, 0.05) is 38.3 Å². The monoisotopic (exact) mass is 436 g/mol. The zero-order valence-corrected chi connectivity index (χ0v) is 18.3. The minimum Gasteiger partial charge on any atom is -0.507 e. The number of likely N-dealkylation sites (tertiary alicyclic amines) is 1. The van der Waals surface area contributed by atoms with Crippen molar-refractivity contribution in [1.82, 2.24) is 4.90 Å². The van der Waals surface area contributed by atoms with E-state index in [1.807, 2.05) is 49.3 Å². The van der Waals surface area contributed by atoms with Crippen LogP contribution < -0.4 is 4.90 Å². The highest BCUT2D eigenvalue weighted by Crippen LogP contribution is 2.40. The molecule has 2 aromatic carbocycles. The van der Waals surface area contributed by atoms with E-state index in [4.69, 9.17) is 5.11 Å². The Bertz CT molecular complexity index is 1010. The van der Waals surface area contributed by atoms with Crippen LogP contribution in [-0.4, -0.2) is 53.4 Å². The van der Waals surface area contributed by atoms with Gasteiger partial charge in [0.25, 0.3) is 11.7 Å². The minimum absolute atomic E-state index is 0.0717. The highest BCUT2D eigenvalue weighted by atomic mass is 16.4. The molecule has 0 spiro atoms. The number of rotatable bonds is 9. The third kappa shape index (κ3) is 4.99. The molecule has 1 heterocycles. The van der Waals surface area contributed by atoms with Gasteiger partial charge in [-0.25, -0.2) is 0 Å². The van der Waals surface area contributed by atoms with Gasteiger partial charge in [-0.1, -0.05) is 48.9 Å². The van der Waals surface area contributed by atoms with E-state index in [0.717, 1.165) is 11.3 Å². The number of benzene rings is 2. The van der Waals surface area contributed by atoms with Crippen molar-refractivity contribution in [2.75, 3.05) is 25.5 Å². The van der Waals surface area contributed by atoms with E-state index < -0.39 is 23.7 Å². The van der Waals surface area contributed by atoms with Crippen LogP contribution in [0, 0.1) is 0 Å². The number of carboxylic acids is 1. The Morgan fingerprint density at radius 3 is 2.19 bits per heavy atom. The molecule has 7 nitrogen and oxygen atoms in total. The molecular formula is C25H28N2O5. The number of carbonyl (C=O) groups excluding carboxylic acids is 2. The lowest BCUT2D eigenvalue weighted by atomic mass is 9.95. The van der Waals surface area contributed by atoms with E-state index in [0.29, 0.717) is 31.4 Å². The fourth-order valence-corrected chi connectivity index (χ4v) is 3.90. The van der Waals surface area contributed by atoms with Crippen LogP contribution >= 0.6 is 0 Å². The van der Waals surface area contributed by atoms with Crippen molar-refractivity contribution in [3.05, 3.63) is 71.3 Å². The lowest BCUT2D eigenvalue weighted by molar-refractivity contribution is -0.140. The molecule has 32 heavy (non-hydrogen) atoms. The summed E-state index contributed by atoms with van der Waals surface area (Å²) in [6.07, 6.45) is 1.77.